The van der Waals surface area contributed by atoms with Gasteiger partial charge in [0.05, 0.1) is 11.7 Å². The van der Waals surface area contributed by atoms with E-state index in [9.17, 15) is 14.0 Å². The third-order valence-electron chi connectivity index (χ3n) is 7.33. The minimum absolute atomic E-state index is 0.105. The highest BCUT2D eigenvalue weighted by molar-refractivity contribution is 6.35. The number of piperazine rings is 2. The number of fused-ring (bicyclic) bond motifs is 2. The summed E-state index contributed by atoms with van der Waals surface area (Å²) in [5.41, 5.74) is 0.781. The van der Waals surface area contributed by atoms with Gasteiger partial charge in [-0.05, 0) is 32.2 Å². The van der Waals surface area contributed by atoms with Gasteiger partial charge in [-0.2, -0.15) is 0 Å². The normalized spacial score (nSPS) is 22.4. The second kappa shape index (κ2) is 9.71. The van der Waals surface area contributed by atoms with Crippen LogP contribution in [0.1, 0.15) is 17.3 Å². The van der Waals surface area contributed by atoms with Gasteiger partial charge < -0.3 is 24.3 Å². The fourth-order valence-corrected chi connectivity index (χ4v) is 5.37. The molecule has 2 amide bonds. The van der Waals surface area contributed by atoms with E-state index in [1.54, 1.807) is 28.0 Å². The molecule has 1 aromatic carbocycles. The quantitative estimate of drug-likeness (QED) is 0.588. The number of likely N-dealkylation sites (N-methyl/N-ethyl adjacent to an activating group) is 1. The van der Waals surface area contributed by atoms with Crippen molar-refractivity contribution in [2.45, 2.75) is 19.0 Å². The topological polar surface area (TPSA) is 69.2 Å². The minimum Gasteiger partial charge on any atom is -0.489 e. The van der Waals surface area contributed by atoms with Crippen LogP contribution in [0.2, 0.25) is 5.02 Å². The molecule has 0 aliphatic carbocycles. The Balaban J connectivity index is 1.63. The average Bonchev–Trinajstić information content (AvgIpc) is 3.03. The maximum absolute atomic E-state index is 14.8. The summed E-state index contributed by atoms with van der Waals surface area (Å²) in [5.74, 6) is -0.220. The van der Waals surface area contributed by atoms with Gasteiger partial charge in [0.25, 0.3) is 5.91 Å². The molecule has 0 bridgehead atoms. The van der Waals surface area contributed by atoms with Crippen molar-refractivity contribution in [3.05, 3.63) is 53.3 Å². The molecule has 3 aliphatic heterocycles. The van der Waals surface area contributed by atoms with Crippen molar-refractivity contribution in [1.82, 2.24) is 19.7 Å². The Kier molecular flexibility index (Phi) is 6.61. The highest BCUT2D eigenvalue weighted by Gasteiger charge is 2.41. The number of rotatable bonds is 3. The molecule has 3 aliphatic rings. The maximum Gasteiger partial charge on any atom is 0.261 e. The van der Waals surface area contributed by atoms with Crippen molar-refractivity contribution in [1.29, 1.82) is 0 Å². The number of ether oxygens (including phenoxy) is 1. The Morgan fingerprint density at radius 1 is 1.22 bits per heavy atom. The van der Waals surface area contributed by atoms with Crippen LogP contribution in [0.25, 0.3) is 11.3 Å². The zero-order valence-corrected chi connectivity index (χ0v) is 21.2. The number of nitrogens with zero attached hydrogens (tertiary/aromatic N) is 5. The Morgan fingerprint density at radius 3 is 2.72 bits per heavy atom. The van der Waals surface area contributed by atoms with E-state index in [4.69, 9.17) is 21.3 Å². The lowest BCUT2D eigenvalue weighted by Gasteiger charge is -2.40. The van der Waals surface area contributed by atoms with Crippen molar-refractivity contribution in [2.75, 3.05) is 57.8 Å². The Bertz CT molecular complexity index is 1220. The summed E-state index contributed by atoms with van der Waals surface area (Å²) in [6.45, 7) is 9.01. The van der Waals surface area contributed by atoms with E-state index >= 15 is 0 Å². The van der Waals surface area contributed by atoms with Gasteiger partial charge in [0.15, 0.2) is 5.75 Å². The summed E-state index contributed by atoms with van der Waals surface area (Å²) in [7, 11) is 2.06. The van der Waals surface area contributed by atoms with E-state index in [1.807, 2.05) is 0 Å². The lowest BCUT2D eigenvalue weighted by molar-refractivity contribution is -0.128. The van der Waals surface area contributed by atoms with Gasteiger partial charge >= 0.3 is 0 Å². The molecule has 36 heavy (non-hydrogen) atoms. The SMILES string of the molecule is C=CC(=O)N1CCN2C(=O)c3c(N4CCN(C)[C@@H](C)C4)nc(-c4ccccc4F)c(Cl)c3OC[C@H]2C1. The number of halogens is 2. The zero-order chi connectivity index (χ0) is 25.6. The lowest BCUT2D eigenvalue weighted by atomic mass is 10.1. The fraction of sp³-hybridized carbons (Fsp3) is 0.423. The molecule has 10 heteroatoms. The number of hydrogen-bond donors (Lipinski definition) is 0. The number of amides is 2. The summed E-state index contributed by atoms with van der Waals surface area (Å²) in [6, 6.07) is 6.17. The van der Waals surface area contributed by atoms with Crippen molar-refractivity contribution in [3.8, 4) is 17.0 Å². The fourth-order valence-electron chi connectivity index (χ4n) is 5.08. The monoisotopic (exact) mass is 513 g/mol. The van der Waals surface area contributed by atoms with Crippen LogP contribution in [0, 0.1) is 5.82 Å². The van der Waals surface area contributed by atoms with E-state index in [1.165, 1.54) is 12.1 Å². The van der Waals surface area contributed by atoms with E-state index in [0.717, 1.165) is 6.54 Å². The maximum atomic E-state index is 14.8. The predicted octanol–water partition coefficient (Wildman–Crippen LogP) is 2.91. The number of hydrogen-bond acceptors (Lipinski definition) is 6. The molecule has 2 saturated heterocycles. The standard InChI is InChI=1S/C26H29ClFN5O3/c1-4-20(34)31-11-12-33-17(14-31)15-36-24-21(26(33)35)25(32-10-9-30(3)16(2)13-32)29-23(22(24)27)18-7-5-6-8-19(18)28/h4-8,16-17H,1,9-15H2,2-3H3/t16-,17+/m0/s1. The van der Waals surface area contributed by atoms with E-state index in [0.29, 0.717) is 44.1 Å². The van der Waals surface area contributed by atoms with Crippen LogP contribution in [0.3, 0.4) is 0 Å². The number of carbonyl (C=O) groups is 2. The third-order valence-corrected chi connectivity index (χ3v) is 7.68. The number of benzene rings is 1. The summed E-state index contributed by atoms with van der Waals surface area (Å²) in [5, 5.41) is 0.105. The smallest absolute Gasteiger partial charge is 0.261 e. The molecular weight excluding hydrogens is 485 g/mol. The van der Waals surface area contributed by atoms with Crippen LogP contribution < -0.4 is 9.64 Å². The highest BCUT2D eigenvalue weighted by atomic mass is 35.5. The first-order valence-electron chi connectivity index (χ1n) is 12.1. The predicted molar refractivity (Wildman–Crippen MR) is 136 cm³/mol. The molecule has 8 nitrogen and oxygen atoms in total. The largest absolute Gasteiger partial charge is 0.489 e. The van der Waals surface area contributed by atoms with Crippen molar-refractivity contribution in [3.63, 3.8) is 0 Å². The molecular formula is C26H29ClFN5O3. The van der Waals surface area contributed by atoms with Crippen LogP contribution in [-0.4, -0.2) is 96.5 Å². The Labute approximate surface area is 214 Å². The Morgan fingerprint density at radius 2 is 2.00 bits per heavy atom. The molecule has 0 saturated carbocycles. The second-order valence-corrected chi connectivity index (χ2v) is 9.89. The van der Waals surface area contributed by atoms with Crippen LogP contribution in [0.15, 0.2) is 36.9 Å². The van der Waals surface area contributed by atoms with Crippen molar-refractivity contribution >= 4 is 29.2 Å². The summed E-state index contributed by atoms with van der Waals surface area (Å²) in [4.78, 5) is 38.7. The van der Waals surface area contributed by atoms with Gasteiger partial charge in [-0.15, -0.1) is 0 Å². The van der Waals surface area contributed by atoms with Gasteiger partial charge in [-0.25, -0.2) is 9.37 Å². The molecule has 2 fully saturated rings. The Hall–Kier alpha value is -3.17. The van der Waals surface area contributed by atoms with Gasteiger partial charge in [-0.1, -0.05) is 30.3 Å². The zero-order valence-electron chi connectivity index (χ0n) is 20.4. The first-order chi connectivity index (χ1) is 17.3. The highest BCUT2D eigenvalue weighted by Crippen LogP contribution is 2.44. The number of pyridine rings is 1. The minimum atomic E-state index is -0.458. The van der Waals surface area contributed by atoms with Gasteiger partial charge in [0, 0.05) is 50.9 Å². The molecule has 5 rings (SSSR count). The van der Waals surface area contributed by atoms with E-state index in [-0.39, 0.29) is 52.5 Å². The van der Waals surface area contributed by atoms with Crippen LogP contribution in [0.5, 0.6) is 5.75 Å². The third kappa shape index (κ3) is 4.20. The number of carbonyl (C=O) groups excluding carboxylic acids is 2. The molecule has 4 heterocycles. The number of anilines is 1. The molecule has 1 aromatic heterocycles. The molecule has 190 valence electrons. The molecule has 0 spiro atoms. The molecule has 0 N–H and O–H groups in total. The van der Waals surface area contributed by atoms with E-state index < -0.39 is 5.82 Å². The first kappa shape index (κ1) is 24.5. The lowest BCUT2D eigenvalue weighted by Crippen LogP contribution is -2.57. The molecule has 0 unspecified atom stereocenters. The van der Waals surface area contributed by atoms with Crippen molar-refractivity contribution < 1.29 is 18.7 Å². The van der Waals surface area contributed by atoms with Crippen LogP contribution in [-0.2, 0) is 4.79 Å². The summed E-state index contributed by atoms with van der Waals surface area (Å²) >= 11 is 6.80. The summed E-state index contributed by atoms with van der Waals surface area (Å²) in [6.07, 6.45) is 1.28. The second-order valence-electron chi connectivity index (χ2n) is 9.51. The van der Waals surface area contributed by atoms with Crippen LogP contribution in [0.4, 0.5) is 10.2 Å². The van der Waals surface area contributed by atoms with Gasteiger partial charge in [0.2, 0.25) is 5.91 Å². The average molecular weight is 514 g/mol. The molecule has 0 radical (unpaired) electrons. The molecule has 2 aromatic rings. The van der Waals surface area contributed by atoms with Crippen molar-refractivity contribution in [2.24, 2.45) is 0 Å². The van der Waals surface area contributed by atoms with Gasteiger partial charge in [-0.3, -0.25) is 9.59 Å². The molecule has 2 atom stereocenters. The van der Waals surface area contributed by atoms with Crippen LogP contribution >= 0.6 is 11.6 Å². The summed E-state index contributed by atoms with van der Waals surface area (Å²) < 4.78 is 21.0. The van der Waals surface area contributed by atoms with E-state index in [2.05, 4.69) is 30.4 Å². The first-order valence-corrected chi connectivity index (χ1v) is 12.5. The number of aromatic nitrogens is 1. The van der Waals surface area contributed by atoms with Gasteiger partial charge in [0.1, 0.15) is 28.8 Å².